The molecule has 0 spiro atoms. The molecule has 0 aliphatic heterocycles. The first-order valence-corrected chi connectivity index (χ1v) is 10.9. The molecule has 12 heteroatoms. The van der Waals surface area contributed by atoms with E-state index >= 15 is 0 Å². The molecular formula is C21H47N3O9. The number of amides is 1. The summed E-state index contributed by atoms with van der Waals surface area (Å²) in [6.45, 7) is 11.4. The van der Waals surface area contributed by atoms with Gasteiger partial charge in [0.1, 0.15) is 0 Å². The van der Waals surface area contributed by atoms with E-state index in [2.05, 4.69) is 17.7 Å². The molecular weight excluding hydrogens is 438 g/mol. The van der Waals surface area contributed by atoms with Crippen LogP contribution >= 0.6 is 0 Å². The smallest absolute Gasteiger partial charge is 0.300 e. The zero-order valence-electron chi connectivity index (χ0n) is 21.1. The van der Waals surface area contributed by atoms with Crippen LogP contribution in [0.25, 0.3) is 0 Å². The van der Waals surface area contributed by atoms with Gasteiger partial charge in [-0.25, -0.2) is 5.48 Å². The van der Waals surface area contributed by atoms with Gasteiger partial charge in [-0.1, -0.05) is 32.6 Å². The van der Waals surface area contributed by atoms with Crippen molar-refractivity contribution in [2.45, 2.75) is 86.2 Å². The fraction of sp³-hybridized carbons (Fsp3) is 0.810. The molecule has 0 saturated carbocycles. The highest BCUT2D eigenvalue weighted by molar-refractivity contribution is 5.75. The lowest BCUT2D eigenvalue weighted by molar-refractivity contribution is -0.135. The average molecular weight is 486 g/mol. The minimum Gasteiger partial charge on any atom is -0.481 e. The first-order valence-electron chi connectivity index (χ1n) is 10.9. The largest absolute Gasteiger partial charge is 0.481 e. The number of unbranched alkanes of at least 4 members (excludes halogenated alkanes) is 4. The Bertz CT molecular complexity index is 404. The molecule has 0 aromatic rings. The summed E-state index contributed by atoms with van der Waals surface area (Å²) in [4.78, 5) is 42.9. The standard InChI is InChI=1S/C11H23NO2.C4H12N2O.3C2H4O2/c1-3-4-5-6-7-8-11(14)12-9-10(2)13;1-2-7-6-4-3-5;3*1-2(3)4/h10,13H,3-9H2,1-2H3,(H,12,14);6H,2-5H2,1H3;3*1H3,(H,3,4). The molecule has 0 radical (unpaired) electrons. The third kappa shape index (κ3) is 121. The summed E-state index contributed by atoms with van der Waals surface area (Å²) in [7, 11) is 0. The van der Waals surface area contributed by atoms with E-state index in [1.54, 1.807) is 6.92 Å². The van der Waals surface area contributed by atoms with Crippen LogP contribution in [-0.4, -0.2) is 76.6 Å². The molecule has 0 saturated heterocycles. The van der Waals surface area contributed by atoms with Crippen LogP contribution in [0.3, 0.4) is 0 Å². The maximum atomic E-state index is 11.2. The Morgan fingerprint density at radius 3 is 1.64 bits per heavy atom. The number of carboxylic acid groups (broad SMARTS) is 3. The molecule has 33 heavy (non-hydrogen) atoms. The second-order valence-electron chi connectivity index (χ2n) is 6.49. The summed E-state index contributed by atoms with van der Waals surface area (Å²) in [6.07, 6.45) is 5.96. The minimum atomic E-state index is -0.833. The lowest BCUT2D eigenvalue weighted by atomic mass is 10.1. The van der Waals surface area contributed by atoms with Gasteiger partial charge < -0.3 is 36.3 Å². The Balaban J connectivity index is -0.000000114. The molecule has 8 N–H and O–H groups in total. The summed E-state index contributed by atoms with van der Waals surface area (Å²) in [5, 5.41) is 33.9. The van der Waals surface area contributed by atoms with Crippen molar-refractivity contribution < 1.29 is 44.4 Å². The molecule has 0 aromatic heterocycles. The third-order valence-corrected chi connectivity index (χ3v) is 2.59. The first-order chi connectivity index (χ1) is 15.3. The lowest BCUT2D eigenvalue weighted by Crippen LogP contribution is -2.30. The molecule has 1 unspecified atom stereocenters. The molecule has 0 aliphatic carbocycles. The van der Waals surface area contributed by atoms with Crippen LogP contribution in [0.2, 0.25) is 0 Å². The minimum absolute atomic E-state index is 0.0578. The second kappa shape index (κ2) is 37.1. The van der Waals surface area contributed by atoms with E-state index in [4.69, 9.17) is 45.4 Å². The van der Waals surface area contributed by atoms with Crippen molar-refractivity contribution in [1.82, 2.24) is 10.8 Å². The normalized spacial score (nSPS) is 9.58. The molecule has 1 amide bonds. The van der Waals surface area contributed by atoms with Crippen LogP contribution in [0, 0.1) is 0 Å². The van der Waals surface area contributed by atoms with E-state index < -0.39 is 24.0 Å². The van der Waals surface area contributed by atoms with Crippen molar-refractivity contribution in [1.29, 1.82) is 0 Å². The number of hydroxylamine groups is 1. The van der Waals surface area contributed by atoms with E-state index in [1.807, 2.05) is 6.92 Å². The Hall–Kier alpha value is -2.28. The van der Waals surface area contributed by atoms with Gasteiger partial charge in [-0.2, -0.15) is 0 Å². The van der Waals surface area contributed by atoms with Crippen molar-refractivity contribution in [3.63, 3.8) is 0 Å². The van der Waals surface area contributed by atoms with Crippen LogP contribution in [0.1, 0.15) is 80.1 Å². The summed E-state index contributed by atoms with van der Waals surface area (Å²) in [6, 6.07) is 0. The number of nitrogens with one attached hydrogen (secondary N) is 2. The van der Waals surface area contributed by atoms with Gasteiger partial charge in [-0.05, 0) is 20.3 Å². The van der Waals surface area contributed by atoms with E-state index in [0.717, 1.165) is 40.2 Å². The number of carbonyl (C=O) groups is 4. The maximum absolute atomic E-state index is 11.2. The molecule has 12 nitrogen and oxygen atoms in total. The van der Waals surface area contributed by atoms with Crippen LogP contribution < -0.4 is 16.5 Å². The van der Waals surface area contributed by atoms with Gasteiger partial charge in [-0.15, -0.1) is 0 Å². The van der Waals surface area contributed by atoms with Gasteiger partial charge >= 0.3 is 0 Å². The molecule has 0 aliphatic rings. The number of aliphatic carboxylic acids is 3. The third-order valence-electron chi connectivity index (χ3n) is 2.59. The van der Waals surface area contributed by atoms with Crippen LogP contribution in [0.4, 0.5) is 0 Å². The van der Waals surface area contributed by atoms with Gasteiger partial charge in [-0.3, -0.25) is 19.2 Å². The number of nitrogens with two attached hydrogens (primary N) is 1. The number of rotatable bonds is 12. The lowest BCUT2D eigenvalue weighted by Gasteiger charge is -2.06. The predicted octanol–water partition coefficient (Wildman–Crippen LogP) is 1.60. The molecule has 0 aromatic carbocycles. The summed E-state index contributed by atoms with van der Waals surface area (Å²) in [5.74, 6) is -2.44. The molecule has 0 rings (SSSR count). The fourth-order valence-corrected chi connectivity index (χ4v) is 1.47. The Morgan fingerprint density at radius 1 is 0.879 bits per heavy atom. The first kappa shape index (κ1) is 41.0. The monoisotopic (exact) mass is 485 g/mol. The number of carbonyl (C=O) groups excluding carboxylic acids is 1. The van der Waals surface area contributed by atoms with Crippen molar-refractivity contribution in [2.24, 2.45) is 5.73 Å². The van der Waals surface area contributed by atoms with E-state index in [0.29, 0.717) is 26.1 Å². The molecule has 0 bridgehead atoms. The zero-order valence-corrected chi connectivity index (χ0v) is 21.1. The Morgan fingerprint density at radius 2 is 1.30 bits per heavy atom. The van der Waals surface area contributed by atoms with Gasteiger partial charge in [0, 0.05) is 46.8 Å². The number of aliphatic hydroxyl groups is 1. The number of aliphatic hydroxyl groups excluding tert-OH is 1. The van der Waals surface area contributed by atoms with Gasteiger partial charge in [0.25, 0.3) is 17.9 Å². The Kier molecular flexibility index (Phi) is 46.1. The molecule has 200 valence electrons. The van der Waals surface area contributed by atoms with E-state index in [-0.39, 0.29) is 5.91 Å². The van der Waals surface area contributed by atoms with Crippen molar-refractivity contribution >= 4 is 23.8 Å². The predicted molar refractivity (Wildman–Crippen MR) is 127 cm³/mol. The topological polar surface area (TPSA) is 209 Å². The highest BCUT2D eigenvalue weighted by Crippen LogP contribution is 2.04. The van der Waals surface area contributed by atoms with Crippen LogP contribution in [0.15, 0.2) is 0 Å². The van der Waals surface area contributed by atoms with E-state index in [9.17, 15) is 4.79 Å². The maximum Gasteiger partial charge on any atom is 0.300 e. The summed E-state index contributed by atoms with van der Waals surface area (Å²) < 4.78 is 0. The number of hydrogen-bond donors (Lipinski definition) is 7. The van der Waals surface area contributed by atoms with Gasteiger partial charge in [0.15, 0.2) is 0 Å². The van der Waals surface area contributed by atoms with E-state index in [1.165, 1.54) is 19.3 Å². The van der Waals surface area contributed by atoms with Crippen molar-refractivity contribution in [2.75, 3.05) is 26.2 Å². The molecule has 0 heterocycles. The van der Waals surface area contributed by atoms with Crippen LogP contribution in [-0.2, 0) is 24.0 Å². The van der Waals surface area contributed by atoms with Crippen molar-refractivity contribution in [3.05, 3.63) is 0 Å². The highest BCUT2D eigenvalue weighted by Gasteiger charge is 2.01. The average Bonchev–Trinajstić information content (AvgIpc) is 2.66. The Labute approximate surface area is 197 Å². The van der Waals surface area contributed by atoms with Gasteiger partial charge in [0.05, 0.1) is 12.7 Å². The van der Waals surface area contributed by atoms with Crippen LogP contribution in [0.5, 0.6) is 0 Å². The number of carboxylic acids is 3. The van der Waals surface area contributed by atoms with Gasteiger partial charge in [0.2, 0.25) is 5.91 Å². The molecule has 1 atom stereocenters. The zero-order chi connectivity index (χ0) is 27.1. The summed E-state index contributed by atoms with van der Waals surface area (Å²) >= 11 is 0. The molecule has 0 fully saturated rings. The number of hydrogen-bond acceptors (Lipinski definition) is 8. The SMILES string of the molecule is CC(=O)O.CC(=O)O.CC(=O)O.CCCCCCCC(=O)NCC(C)O.CCONCCN. The quantitative estimate of drug-likeness (QED) is 0.156. The van der Waals surface area contributed by atoms with Crippen molar-refractivity contribution in [3.8, 4) is 0 Å². The fourth-order valence-electron chi connectivity index (χ4n) is 1.47. The summed E-state index contributed by atoms with van der Waals surface area (Å²) in [5.41, 5.74) is 7.79. The highest BCUT2D eigenvalue weighted by atomic mass is 16.6. The second-order valence-corrected chi connectivity index (χ2v) is 6.49.